The van der Waals surface area contributed by atoms with E-state index in [0.717, 1.165) is 11.1 Å². The Bertz CT molecular complexity index is 1240. The van der Waals surface area contributed by atoms with Crippen LogP contribution >= 0.6 is 0 Å². The van der Waals surface area contributed by atoms with Gasteiger partial charge in [-0.3, -0.25) is 29.0 Å². The molecular formula is C37H50N2O4. The Morgan fingerprint density at radius 2 is 0.628 bits per heavy atom. The monoisotopic (exact) mass is 586 g/mol. The summed E-state index contributed by atoms with van der Waals surface area (Å²) in [6.07, 6.45) is 0.634. The van der Waals surface area contributed by atoms with Gasteiger partial charge in [-0.25, -0.2) is 0 Å². The fraction of sp³-hybridized carbons (Fsp3) is 0.568. The standard InChI is InChI=1S/C37H50N2O4/c1-34(2,3)26-27(35(4,5)6)31(41)38(30(26)40)24-17-13-22(14-18-24)21-23-15-19-25(20-16-23)39-32(42)28(36(7,8)9)29(33(39)43)37(10,11)12/h13-20,26-29H,21H2,1-12H3. The number of imide groups is 2. The van der Waals surface area contributed by atoms with Gasteiger partial charge in [0.15, 0.2) is 0 Å². The molecule has 43 heavy (non-hydrogen) atoms. The van der Waals surface area contributed by atoms with Gasteiger partial charge in [-0.05, 0) is 63.5 Å². The van der Waals surface area contributed by atoms with Crippen LogP contribution in [0.15, 0.2) is 48.5 Å². The van der Waals surface area contributed by atoms with Crippen LogP contribution in [0.25, 0.3) is 0 Å². The van der Waals surface area contributed by atoms with Gasteiger partial charge in [-0.1, -0.05) is 107 Å². The molecule has 0 radical (unpaired) electrons. The van der Waals surface area contributed by atoms with Crippen LogP contribution < -0.4 is 9.80 Å². The third kappa shape index (κ3) is 6.07. The van der Waals surface area contributed by atoms with Crippen molar-refractivity contribution in [3.63, 3.8) is 0 Å². The smallest absolute Gasteiger partial charge is 0.238 e. The number of carbonyl (C=O) groups is 4. The fourth-order valence-electron chi connectivity index (χ4n) is 7.10. The summed E-state index contributed by atoms with van der Waals surface area (Å²) in [6.45, 7) is 24.3. The lowest BCUT2D eigenvalue weighted by molar-refractivity contribution is -0.127. The summed E-state index contributed by atoms with van der Waals surface area (Å²) >= 11 is 0. The molecule has 232 valence electrons. The van der Waals surface area contributed by atoms with E-state index in [0.29, 0.717) is 17.8 Å². The lowest BCUT2D eigenvalue weighted by Gasteiger charge is -2.35. The topological polar surface area (TPSA) is 74.8 Å². The molecule has 6 heteroatoms. The highest BCUT2D eigenvalue weighted by molar-refractivity contribution is 6.23. The molecule has 2 aromatic rings. The van der Waals surface area contributed by atoms with Crippen LogP contribution in [0.2, 0.25) is 0 Å². The van der Waals surface area contributed by atoms with Gasteiger partial charge in [0.2, 0.25) is 23.6 Å². The number of nitrogens with zero attached hydrogens (tertiary/aromatic N) is 2. The van der Waals surface area contributed by atoms with Crippen molar-refractivity contribution < 1.29 is 19.2 Å². The highest BCUT2D eigenvalue weighted by atomic mass is 16.2. The van der Waals surface area contributed by atoms with Gasteiger partial charge in [0.25, 0.3) is 0 Å². The van der Waals surface area contributed by atoms with E-state index in [1.54, 1.807) is 0 Å². The highest BCUT2D eigenvalue weighted by Crippen LogP contribution is 2.49. The van der Waals surface area contributed by atoms with Crippen molar-refractivity contribution in [2.24, 2.45) is 45.3 Å². The lowest BCUT2D eigenvalue weighted by Crippen LogP contribution is -2.38. The number of hydrogen-bond acceptors (Lipinski definition) is 4. The van der Waals surface area contributed by atoms with E-state index >= 15 is 0 Å². The van der Waals surface area contributed by atoms with Crippen LogP contribution in [0.4, 0.5) is 11.4 Å². The van der Waals surface area contributed by atoms with Gasteiger partial charge in [-0.2, -0.15) is 0 Å². The SMILES string of the molecule is CC(C)(C)C1C(=O)N(c2ccc(Cc3ccc(N4C(=O)C(C(C)(C)C)C(C(C)(C)C)C4=O)cc3)cc2)C(=O)C1C(C)(C)C. The van der Waals surface area contributed by atoms with Crippen molar-refractivity contribution in [2.45, 2.75) is 89.5 Å². The molecule has 4 unspecified atom stereocenters. The summed E-state index contributed by atoms with van der Waals surface area (Å²) in [6, 6.07) is 15.2. The normalized spacial score (nSPS) is 24.0. The molecule has 6 nitrogen and oxygen atoms in total. The summed E-state index contributed by atoms with van der Waals surface area (Å²) in [5.74, 6) is -2.06. The first-order valence-corrected chi connectivity index (χ1v) is 15.5. The molecule has 0 aliphatic carbocycles. The zero-order valence-electron chi connectivity index (χ0n) is 28.2. The molecule has 2 aromatic carbocycles. The minimum Gasteiger partial charge on any atom is -0.274 e. The molecule has 2 fully saturated rings. The molecule has 2 heterocycles. The molecule has 0 saturated carbocycles. The maximum Gasteiger partial charge on any atom is 0.238 e. The van der Waals surface area contributed by atoms with E-state index in [1.165, 1.54) is 9.80 Å². The summed E-state index contributed by atoms with van der Waals surface area (Å²) in [4.78, 5) is 57.1. The Kier molecular flexibility index (Phi) is 8.13. The molecule has 0 N–H and O–H groups in total. The van der Waals surface area contributed by atoms with Crippen LogP contribution in [0.3, 0.4) is 0 Å². The van der Waals surface area contributed by atoms with E-state index < -0.39 is 0 Å². The molecule has 4 rings (SSSR count). The summed E-state index contributed by atoms with van der Waals surface area (Å²) in [5.41, 5.74) is 1.92. The van der Waals surface area contributed by atoms with Crippen molar-refractivity contribution in [1.29, 1.82) is 0 Å². The Morgan fingerprint density at radius 3 is 0.814 bits per heavy atom. The molecule has 4 amide bonds. The summed E-state index contributed by atoms with van der Waals surface area (Å²) in [7, 11) is 0. The third-order valence-corrected chi connectivity index (χ3v) is 9.14. The third-order valence-electron chi connectivity index (χ3n) is 9.14. The van der Waals surface area contributed by atoms with Gasteiger partial charge < -0.3 is 0 Å². The Hall–Kier alpha value is -3.28. The van der Waals surface area contributed by atoms with Crippen molar-refractivity contribution in [3.05, 3.63) is 59.7 Å². The van der Waals surface area contributed by atoms with Crippen LogP contribution in [-0.4, -0.2) is 23.6 Å². The minimum atomic E-state index is -0.384. The second-order valence-electron chi connectivity index (χ2n) is 16.9. The minimum absolute atomic E-state index is 0.130. The Balaban J connectivity index is 1.53. The maximum absolute atomic E-state index is 13.6. The number of anilines is 2. The van der Waals surface area contributed by atoms with E-state index in [9.17, 15) is 19.2 Å². The van der Waals surface area contributed by atoms with E-state index in [2.05, 4.69) is 0 Å². The maximum atomic E-state index is 13.6. The average molecular weight is 587 g/mol. The molecule has 2 saturated heterocycles. The fourth-order valence-corrected chi connectivity index (χ4v) is 7.10. The van der Waals surface area contributed by atoms with E-state index in [1.807, 2.05) is 132 Å². The number of benzene rings is 2. The van der Waals surface area contributed by atoms with Crippen molar-refractivity contribution in [2.75, 3.05) is 9.80 Å². The zero-order chi connectivity index (χ0) is 32.4. The predicted molar refractivity (Wildman–Crippen MR) is 172 cm³/mol. The van der Waals surface area contributed by atoms with Gasteiger partial charge in [0.05, 0.1) is 35.0 Å². The van der Waals surface area contributed by atoms with Crippen molar-refractivity contribution in [1.82, 2.24) is 0 Å². The first-order valence-electron chi connectivity index (χ1n) is 15.5. The van der Waals surface area contributed by atoms with E-state index in [-0.39, 0.29) is 69.0 Å². The average Bonchev–Trinajstić information content (AvgIpc) is 3.29. The first-order chi connectivity index (χ1) is 19.5. The molecule has 0 bridgehead atoms. The number of amides is 4. The first kappa shape index (κ1) is 32.6. The Morgan fingerprint density at radius 1 is 0.419 bits per heavy atom. The second-order valence-corrected chi connectivity index (χ2v) is 16.9. The van der Waals surface area contributed by atoms with Crippen LogP contribution in [0.5, 0.6) is 0 Å². The summed E-state index contributed by atoms with van der Waals surface area (Å²) in [5, 5.41) is 0. The van der Waals surface area contributed by atoms with Crippen LogP contribution in [0, 0.1) is 45.3 Å². The molecular weight excluding hydrogens is 536 g/mol. The second kappa shape index (κ2) is 10.7. The zero-order valence-corrected chi connectivity index (χ0v) is 28.2. The number of rotatable bonds is 4. The predicted octanol–water partition coefficient (Wildman–Crippen LogP) is 7.67. The molecule has 4 atom stereocenters. The van der Waals surface area contributed by atoms with Gasteiger partial charge in [0, 0.05) is 0 Å². The number of carbonyl (C=O) groups excluding carboxylic acids is 4. The summed E-state index contributed by atoms with van der Waals surface area (Å²) < 4.78 is 0. The van der Waals surface area contributed by atoms with Gasteiger partial charge in [0.1, 0.15) is 0 Å². The molecule has 0 spiro atoms. The largest absolute Gasteiger partial charge is 0.274 e. The quantitative estimate of drug-likeness (QED) is 0.345. The molecule has 2 aliphatic rings. The van der Waals surface area contributed by atoms with Crippen molar-refractivity contribution in [3.8, 4) is 0 Å². The Labute approximate surface area is 258 Å². The lowest BCUT2D eigenvalue weighted by atomic mass is 9.65. The van der Waals surface area contributed by atoms with Crippen LogP contribution in [0.1, 0.15) is 94.2 Å². The molecule has 2 aliphatic heterocycles. The number of hydrogen-bond donors (Lipinski definition) is 0. The van der Waals surface area contributed by atoms with Gasteiger partial charge in [-0.15, -0.1) is 0 Å². The van der Waals surface area contributed by atoms with Crippen molar-refractivity contribution >= 4 is 35.0 Å². The molecule has 0 aromatic heterocycles. The van der Waals surface area contributed by atoms with Gasteiger partial charge >= 0.3 is 0 Å². The van der Waals surface area contributed by atoms with E-state index in [4.69, 9.17) is 0 Å². The van der Waals surface area contributed by atoms with Crippen LogP contribution in [-0.2, 0) is 25.6 Å². The highest BCUT2D eigenvalue weighted by Gasteiger charge is 2.57.